The zero-order valence-corrected chi connectivity index (χ0v) is 21.6. The predicted molar refractivity (Wildman–Crippen MR) is 132 cm³/mol. The molecule has 1 heterocycles. The van der Waals surface area contributed by atoms with Gasteiger partial charge in [0.05, 0.1) is 31.2 Å². The first-order valence-corrected chi connectivity index (χ1v) is 11.7. The van der Waals surface area contributed by atoms with E-state index in [-0.39, 0.29) is 37.0 Å². The fourth-order valence-corrected chi connectivity index (χ4v) is 4.52. The second-order valence-corrected chi connectivity index (χ2v) is 9.48. The van der Waals surface area contributed by atoms with Crippen molar-refractivity contribution < 1.29 is 28.7 Å². The van der Waals surface area contributed by atoms with Gasteiger partial charge in [-0.25, -0.2) is 4.79 Å². The number of carbonyl (C=O) groups is 5. The Balaban J connectivity index is 1.76. The van der Waals surface area contributed by atoms with Crippen LogP contribution in [0.25, 0.3) is 0 Å². The highest BCUT2D eigenvalue weighted by atomic mass is 35.5. The molecule has 2 aromatic rings. The molecule has 3 rings (SSSR count). The third-order valence-electron chi connectivity index (χ3n) is 5.20. The van der Waals surface area contributed by atoms with Crippen LogP contribution in [0.2, 0.25) is 20.1 Å². The maximum atomic E-state index is 13.1. The number of nitrogens with one attached hydrogen (secondary N) is 1. The van der Waals surface area contributed by atoms with Gasteiger partial charge in [-0.3, -0.25) is 24.1 Å². The average molecular weight is 560 g/mol. The van der Waals surface area contributed by atoms with Gasteiger partial charge in [0.25, 0.3) is 17.7 Å². The standard InChI is InChI=1S/C23H18Cl4N2O6/c1-9(2)20(23(34)35-8-13(31)28-12-6-4-11(5-7-12)10(3)30)29-21(32)14-15(22(29)33)17(25)19(27)18(26)16(14)24/h4-7,9,20H,8H2,1-3H3,(H,28,31)/t20-/m0/s1. The normalized spacial score (nSPS) is 13.7. The minimum absolute atomic E-state index is 0.128. The molecule has 0 saturated carbocycles. The molecule has 1 N–H and O–H groups in total. The third-order valence-corrected chi connectivity index (χ3v) is 7.01. The van der Waals surface area contributed by atoms with Crippen LogP contribution in [0.3, 0.4) is 0 Å². The number of rotatable bonds is 7. The Morgan fingerprint density at radius 2 is 1.37 bits per heavy atom. The highest BCUT2D eigenvalue weighted by Crippen LogP contribution is 2.45. The second-order valence-electron chi connectivity index (χ2n) is 7.96. The minimum atomic E-state index is -1.38. The highest BCUT2D eigenvalue weighted by molar-refractivity contribution is 6.55. The number of anilines is 1. The van der Waals surface area contributed by atoms with E-state index < -0.39 is 42.3 Å². The van der Waals surface area contributed by atoms with E-state index in [2.05, 4.69) is 5.32 Å². The highest BCUT2D eigenvalue weighted by Gasteiger charge is 2.48. The Labute approximate surface area is 220 Å². The molecule has 2 aromatic carbocycles. The van der Waals surface area contributed by atoms with Gasteiger partial charge in [0.1, 0.15) is 6.04 Å². The molecule has 12 heteroatoms. The number of ketones is 1. The number of ether oxygens (including phenoxy) is 1. The monoisotopic (exact) mass is 558 g/mol. The van der Waals surface area contributed by atoms with Gasteiger partial charge in [-0.1, -0.05) is 60.3 Å². The average Bonchev–Trinajstić information content (AvgIpc) is 3.05. The number of esters is 1. The van der Waals surface area contributed by atoms with Gasteiger partial charge in [-0.05, 0) is 37.1 Å². The summed E-state index contributed by atoms with van der Waals surface area (Å²) < 4.78 is 5.11. The van der Waals surface area contributed by atoms with Crippen molar-refractivity contribution in [1.82, 2.24) is 4.90 Å². The number of fused-ring (bicyclic) bond motifs is 1. The van der Waals surface area contributed by atoms with Gasteiger partial charge in [0, 0.05) is 11.3 Å². The summed E-state index contributed by atoms with van der Waals surface area (Å²) in [5.74, 6) is -4.14. The zero-order chi connectivity index (χ0) is 26.2. The molecular weight excluding hydrogens is 542 g/mol. The lowest BCUT2D eigenvalue weighted by Gasteiger charge is -2.27. The molecule has 1 aliphatic heterocycles. The Kier molecular flexibility index (Phi) is 8.11. The van der Waals surface area contributed by atoms with Crippen LogP contribution in [0.15, 0.2) is 24.3 Å². The molecule has 1 atom stereocenters. The van der Waals surface area contributed by atoms with Crippen molar-refractivity contribution >= 4 is 81.6 Å². The van der Waals surface area contributed by atoms with E-state index in [1.165, 1.54) is 31.2 Å². The van der Waals surface area contributed by atoms with Crippen LogP contribution in [0.4, 0.5) is 5.69 Å². The molecule has 1 aliphatic rings. The molecule has 0 aromatic heterocycles. The molecule has 0 fully saturated rings. The first kappa shape index (κ1) is 26.9. The summed E-state index contributed by atoms with van der Waals surface area (Å²) in [6.45, 7) is 3.92. The smallest absolute Gasteiger partial charge is 0.330 e. The lowest BCUT2D eigenvalue weighted by Crippen LogP contribution is -2.49. The summed E-state index contributed by atoms with van der Waals surface area (Å²) in [6.07, 6.45) is 0. The first-order chi connectivity index (χ1) is 16.4. The summed E-state index contributed by atoms with van der Waals surface area (Å²) in [5.41, 5.74) is 0.329. The Bertz CT molecular complexity index is 1210. The molecule has 0 spiro atoms. The predicted octanol–water partition coefficient (Wildman–Crippen LogP) is 5.31. The van der Waals surface area contributed by atoms with E-state index in [1.807, 2.05) is 0 Å². The van der Waals surface area contributed by atoms with Gasteiger partial charge in [0.2, 0.25) is 0 Å². The van der Waals surface area contributed by atoms with E-state index in [1.54, 1.807) is 13.8 Å². The van der Waals surface area contributed by atoms with E-state index in [0.29, 0.717) is 16.2 Å². The van der Waals surface area contributed by atoms with Gasteiger partial charge in [-0.2, -0.15) is 0 Å². The van der Waals surface area contributed by atoms with Crippen LogP contribution in [0, 0.1) is 5.92 Å². The van der Waals surface area contributed by atoms with Crippen LogP contribution in [0.1, 0.15) is 51.8 Å². The summed E-state index contributed by atoms with van der Waals surface area (Å²) in [6, 6.07) is 4.74. The lowest BCUT2D eigenvalue weighted by molar-refractivity contribution is -0.152. The van der Waals surface area contributed by atoms with Gasteiger partial charge < -0.3 is 10.1 Å². The molecule has 35 heavy (non-hydrogen) atoms. The van der Waals surface area contributed by atoms with E-state index in [9.17, 15) is 24.0 Å². The van der Waals surface area contributed by atoms with Crippen LogP contribution in [0.5, 0.6) is 0 Å². The molecular formula is C23H18Cl4N2O6. The van der Waals surface area contributed by atoms with Crippen molar-refractivity contribution in [3.8, 4) is 0 Å². The SMILES string of the molecule is CC(=O)c1ccc(NC(=O)COC(=O)[C@H](C(C)C)N2C(=O)c3c(Cl)c(Cl)c(Cl)c(Cl)c3C2=O)cc1. The quantitative estimate of drug-likeness (QED) is 0.162. The van der Waals surface area contributed by atoms with E-state index in [4.69, 9.17) is 51.1 Å². The number of carbonyl (C=O) groups excluding carboxylic acids is 5. The molecule has 0 unspecified atom stereocenters. The number of hydrogen-bond acceptors (Lipinski definition) is 6. The fourth-order valence-electron chi connectivity index (χ4n) is 3.50. The van der Waals surface area contributed by atoms with Crippen LogP contribution in [-0.2, 0) is 14.3 Å². The minimum Gasteiger partial charge on any atom is -0.454 e. The maximum Gasteiger partial charge on any atom is 0.330 e. The van der Waals surface area contributed by atoms with Crippen molar-refractivity contribution in [1.29, 1.82) is 0 Å². The van der Waals surface area contributed by atoms with Crippen molar-refractivity contribution in [2.45, 2.75) is 26.8 Å². The number of hydrogen-bond donors (Lipinski definition) is 1. The number of imide groups is 1. The summed E-state index contributed by atoms with van der Waals surface area (Å²) in [5, 5.41) is 1.60. The van der Waals surface area contributed by atoms with Gasteiger partial charge in [0.15, 0.2) is 12.4 Å². The van der Waals surface area contributed by atoms with Crippen molar-refractivity contribution in [3.63, 3.8) is 0 Å². The lowest BCUT2D eigenvalue weighted by atomic mass is 10.0. The first-order valence-electron chi connectivity index (χ1n) is 10.2. The van der Waals surface area contributed by atoms with Crippen molar-refractivity contribution in [2.75, 3.05) is 11.9 Å². The topological polar surface area (TPSA) is 110 Å². The van der Waals surface area contributed by atoms with Crippen LogP contribution < -0.4 is 5.32 Å². The Hall–Kier alpha value is -2.65. The molecule has 0 bridgehead atoms. The van der Waals surface area contributed by atoms with Gasteiger partial charge in [-0.15, -0.1) is 0 Å². The zero-order valence-electron chi connectivity index (χ0n) is 18.6. The third kappa shape index (κ3) is 5.16. The number of nitrogens with zero attached hydrogens (tertiary/aromatic N) is 1. The largest absolute Gasteiger partial charge is 0.454 e. The molecule has 0 saturated heterocycles. The van der Waals surface area contributed by atoms with Crippen molar-refractivity contribution in [3.05, 3.63) is 61.0 Å². The molecule has 0 radical (unpaired) electrons. The Morgan fingerprint density at radius 3 is 1.80 bits per heavy atom. The summed E-state index contributed by atoms with van der Waals surface area (Å²) >= 11 is 24.3. The van der Waals surface area contributed by atoms with E-state index >= 15 is 0 Å². The number of amides is 3. The molecule has 3 amide bonds. The van der Waals surface area contributed by atoms with E-state index in [0.717, 1.165) is 0 Å². The van der Waals surface area contributed by atoms with Crippen LogP contribution >= 0.6 is 46.4 Å². The molecule has 8 nitrogen and oxygen atoms in total. The summed E-state index contributed by atoms with van der Waals surface area (Å²) in [4.78, 5) is 63.4. The fraction of sp³-hybridized carbons (Fsp3) is 0.261. The summed E-state index contributed by atoms with van der Waals surface area (Å²) in [7, 11) is 0. The van der Waals surface area contributed by atoms with Crippen molar-refractivity contribution in [2.24, 2.45) is 5.92 Å². The maximum absolute atomic E-state index is 13.1. The molecule has 0 aliphatic carbocycles. The Morgan fingerprint density at radius 1 is 0.886 bits per heavy atom. The number of benzene rings is 2. The second kappa shape index (κ2) is 10.5. The number of halogens is 4. The van der Waals surface area contributed by atoms with Gasteiger partial charge >= 0.3 is 5.97 Å². The molecule has 184 valence electrons. The van der Waals surface area contributed by atoms with Crippen LogP contribution in [-0.4, -0.2) is 47.0 Å². The number of Topliss-reactive ketones (excluding diaryl/α,β-unsaturated/α-hetero) is 1.